The van der Waals surface area contributed by atoms with Crippen LogP contribution in [-0.2, 0) is 4.79 Å². The van der Waals surface area contributed by atoms with Gasteiger partial charge < -0.3 is 15.1 Å². The van der Waals surface area contributed by atoms with Crippen LogP contribution in [0.15, 0.2) is 70.2 Å². The van der Waals surface area contributed by atoms with Crippen molar-refractivity contribution in [2.75, 3.05) is 18.4 Å². The van der Waals surface area contributed by atoms with E-state index in [0.717, 1.165) is 22.2 Å². The second kappa shape index (κ2) is 10.4. The molecule has 1 aliphatic rings. The molecular weight excluding hydrogens is 473 g/mol. The van der Waals surface area contributed by atoms with Crippen LogP contribution in [0.25, 0.3) is 6.08 Å². The molecule has 10 heteroatoms. The average Bonchev–Trinajstić information content (AvgIpc) is 3.46. The molecule has 0 bridgehead atoms. The third kappa shape index (κ3) is 5.67. The number of hydrogen-bond acceptors (Lipinski definition) is 6. The van der Waals surface area contributed by atoms with Crippen molar-refractivity contribution in [2.45, 2.75) is 6.92 Å². The molecule has 2 aromatic carbocycles. The fraction of sp³-hybridized carbons (Fsp3) is 0.120. The van der Waals surface area contributed by atoms with Gasteiger partial charge in [-0.3, -0.25) is 24.1 Å². The highest BCUT2D eigenvalue weighted by atomic mass is 32.2. The minimum atomic E-state index is -0.475. The molecule has 1 aliphatic heterocycles. The Bertz CT molecular complexity index is 1320. The fourth-order valence-electron chi connectivity index (χ4n) is 3.28. The van der Waals surface area contributed by atoms with Crippen molar-refractivity contribution in [1.82, 2.24) is 10.2 Å². The van der Waals surface area contributed by atoms with Gasteiger partial charge in [0, 0.05) is 24.3 Å². The van der Waals surface area contributed by atoms with Crippen molar-refractivity contribution in [3.63, 3.8) is 0 Å². The molecule has 0 unspecified atom stereocenters. The molecule has 35 heavy (non-hydrogen) atoms. The van der Waals surface area contributed by atoms with E-state index in [1.54, 1.807) is 25.1 Å². The molecule has 0 spiro atoms. The summed E-state index contributed by atoms with van der Waals surface area (Å²) < 4.78 is 18.1. The summed E-state index contributed by atoms with van der Waals surface area (Å²) in [6.45, 7) is 1.83. The maximum absolute atomic E-state index is 13.1. The van der Waals surface area contributed by atoms with Crippen molar-refractivity contribution < 1.29 is 28.0 Å². The number of carbonyl (C=O) groups is 4. The first kappa shape index (κ1) is 24.0. The highest BCUT2D eigenvalue weighted by Gasteiger charge is 2.34. The maximum Gasteiger partial charge on any atom is 0.293 e. The van der Waals surface area contributed by atoms with Gasteiger partial charge in [0.15, 0.2) is 5.76 Å². The van der Waals surface area contributed by atoms with E-state index >= 15 is 0 Å². The molecule has 0 saturated carbocycles. The van der Waals surface area contributed by atoms with Gasteiger partial charge in [0.05, 0.1) is 11.2 Å². The zero-order chi connectivity index (χ0) is 24.9. The van der Waals surface area contributed by atoms with Gasteiger partial charge in [0.2, 0.25) is 0 Å². The highest BCUT2D eigenvalue weighted by Crippen LogP contribution is 2.31. The van der Waals surface area contributed by atoms with E-state index < -0.39 is 28.8 Å². The van der Waals surface area contributed by atoms with E-state index in [4.69, 9.17) is 4.42 Å². The van der Waals surface area contributed by atoms with Crippen LogP contribution in [0.2, 0.25) is 0 Å². The molecule has 1 fully saturated rings. The van der Waals surface area contributed by atoms with Crippen molar-refractivity contribution in [2.24, 2.45) is 0 Å². The van der Waals surface area contributed by atoms with Crippen LogP contribution in [0.4, 0.5) is 14.9 Å². The highest BCUT2D eigenvalue weighted by molar-refractivity contribution is 8.18. The molecule has 4 rings (SSSR count). The summed E-state index contributed by atoms with van der Waals surface area (Å²) in [5.74, 6) is -1.59. The lowest BCUT2D eigenvalue weighted by Crippen LogP contribution is -2.37. The summed E-state index contributed by atoms with van der Waals surface area (Å²) in [5, 5.41) is 4.94. The molecular formula is C25H20FN3O5S. The first-order chi connectivity index (χ1) is 16.8. The average molecular weight is 494 g/mol. The quantitative estimate of drug-likeness (QED) is 0.471. The molecule has 2 heterocycles. The molecule has 1 aromatic heterocycles. The van der Waals surface area contributed by atoms with Gasteiger partial charge in [-0.25, -0.2) is 4.39 Å². The second-order valence-electron chi connectivity index (χ2n) is 7.60. The van der Waals surface area contributed by atoms with Gasteiger partial charge >= 0.3 is 0 Å². The third-order valence-electron chi connectivity index (χ3n) is 5.16. The Morgan fingerprint density at radius 1 is 1.09 bits per heavy atom. The molecule has 1 saturated heterocycles. The van der Waals surface area contributed by atoms with E-state index in [9.17, 15) is 23.6 Å². The van der Waals surface area contributed by atoms with Gasteiger partial charge in [-0.1, -0.05) is 18.2 Å². The number of nitrogens with one attached hydrogen (secondary N) is 2. The largest absolute Gasteiger partial charge is 0.459 e. The summed E-state index contributed by atoms with van der Waals surface area (Å²) in [6.07, 6.45) is 2.91. The van der Waals surface area contributed by atoms with Crippen molar-refractivity contribution in [1.29, 1.82) is 0 Å². The van der Waals surface area contributed by atoms with Gasteiger partial charge in [0.25, 0.3) is 23.0 Å². The fourth-order valence-corrected chi connectivity index (χ4v) is 4.14. The Kier molecular flexibility index (Phi) is 7.11. The lowest BCUT2D eigenvalue weighted by atomic mass is 10.1. The minimum absolute atomic E-state index is 0.00882. The zero-order valence-electron chi connectivity index (χ0n) is 18.5. The second-order valence-corrected chi connectivity index (χ2v) is 8.60. The minimum Gasteiger partial charge on any atom is -0.459 e. The normalized spacial score (nSPS) is 14.5. The molecule has 8 nitrogen and oxygen atoms in total. The number of rotatable bonds is 7. The van der Waals surface area contributed by atoms with Gasteiger partial charge in [0.1, 0.15) is 5.82 Å². The number of halogens is 1. The number of thioether (sulfide) groups is 1. The topological polar surface area (TPSA) is 109 Å². The maximum atomic E-state index is 13.1. The van der Waals surface area contributed by atoms with Crippen LogP contribution in [-0.4, -0.2) is 41.0 Å². The zero-order valence-corrected chi connectivity index (χ0v) is 19.4. The van der Waals surface area contributed by atoms with E-state index in [2.05, 4.69) is 10.6 Å². The number of imide groups is 1. The molecule has 4 amide bonds. The lowest BCUT2D eigenvalue weighted by molar-refractivity contribution is -0.122. The molecule has 0 atom stereocenters. The van der Waals surface area contributed by atoms with Crippen LogP contribution in [0.3, 0.4) is 0 Å². The van der Waals surface area contributed by atoms with Crippen molar-refractivity contribution in [3.8, 4) is 0 Å². The first-order valence-electron chi connectivity index (χ1n) is 10.6. The van der Waals surface area contributed by atoms with Crippen LogP contribution >= 0.6 is 11.8 Å². The van der Waals surface area contributed by atoms with E-state index in [-0.39, 0.29) is 23.8 Å². The number of amides is 4. The molecule has 0 radical (unpaired) electrons. The Morgan fingerprint density at radius 2 is 1.86 bits per heavy atom. The monoisotopic (exact) mass is 493 g/mol. The SMILES string of the molecule is Cc1ccc(C(=O)NCCN2C(=O)SC(=Cc3ccc(F)cc3)C2=O)cc1NC(=O)c1ccco1. The smallest absolute Gasteiger partial charge is 0.293 e. The predicted octanol–water partition coefficient (Wildman–Crippen LogP) is 4.45. The standard InChI is InChI=1S/C25H20FN3O5S/c1-15-4-7-17(14-19(15)28-23(31)20-3-2-12-34-20)22(30)27-10-11-29-24(32)21(35-25(29)33)13-16-5-8-18(26)9-6-16/h2-9,12-14H,10-11H2,1H3,(H,27,30)(H,28,31). The summed E-state index contributed by atoms with van der Waals surface area (Å²) in [4.78, 5) is 51.0. The predicted molar refractivity (Wildman–Crippen MR) is 129 cm³/mol. The Hall–Kier alpha value is -4.18. The molecule has 3 aromatic rings. The number of hydrogen-bond donors (Lipinski definition) is 2. The summed E-state index contributed by atoms with van der Waals surface area (Å²) in [7, 11) is 0. The lowest BCUT2D eigenvalue weighted by Gasteiger charge is -2.14. The first-order valence-corrected chi connectivity index (χ1v) is 11.4. The van der Waals surface area contributed by atoms with Crippen molar-refractivity contribution >= 4 is 46.5 Å². The van der Waals surface area contributed by atoms with Crippen LogP contribution < -0.4 is 10.6 Å². The number of furan rings is 1. The van der Waals surface area contributed by atoms with E-state index in [1.807, 2.05) is 0 Å². The third-order valence-corrected chi connectivity index (χ3v) is 6.06. The summed E-state index contributed by atoms with van der Waals surface area (Å²) >= 11 is 0.788. The Morgan fingerprint density at radius 3 is 2.57 bits per heavy atom. The number of benzene rings is 2. The number of anilines is 1. The van der Waals surface area contributed by atoms with Crippen LogP contribution in [0.1, 0.15) is 32.0 Å². The van der Waals surface area contributed by atoms with Crippen molar-refractivity contribution in [3.05, 3.63) is 94.0 Å². The molecule has 2 N–H and O–H groups in total. The molecule has 0 aliphatic carbocycles. The number of carbonyl (C=O) groups excluding carboxylic acids is 4. The van der Waals surface area contributed by atoms with Gasteiger partial charge in [-0.05, 0) is 72.3 Å². The van der Waals surface area contributed by atoms with E-state index in [1.165, 1.54) is 48.7 Å². The van der Waals surface area contributed by atoms with Gasteiger partial charge in [-0.15, -0.1) is 0 Å². The Labute approximate surface area is 204 Å². The Balaban J connectivity index is 1.35. The number of nitrogens with zero attached hydrogens (tertiary/aromatic N) is 1. The number of aryl methyl sites for hydroxylation is 1. The van der Waals surface area contributed by atoms with Gasteiger partial charge in [-0.2, -0.15) is 0 Å². The van der Waals surface area contributed by atoms with E-state index in [0.29, 0.717) is 16.8 Å². The summed E-state index contributed by atoms with van der Waals surface area (Å²) in [6, 6.07) is 13.5. The van der Waals surface area contributed by atoms with Crippen LogP contribution in [0.5, 0.6) is 0 Å². The summed E-state index contributed by atoms with van der Waals surface area (Å²) in [5.41, 5.74) is 2.11. The molecule has 178 valence electrons. The van der Waals surface area contributed by atoms with Crippen LogP contribution in [0, 0.1) is 12.7 Å².